The van der Waals surface area contributed by atoms with E-state index in [1.54, 1.807) is 24.0 Å². The van der Waals surface area contributed by atoms with Crippen molar-refractivity contribution in [1.82, 2.24) is 19.6 Å². The Bertz CT molecular complexity index is 808. The predicted octanol–water partition coefficient (Wildman–Crippen LogP) is 2.67. The molecule has 0 unspecified atom stereocenters. The van der Waals surface area contributed by atoms with Crippen LogP contribution in [0.5, 0.6) is 0 Å². The van der Waals surface area contributed by atoms with Crippen molar-refractivity contribution in [3.8, 4) is 11.5 Å². The molecular weight excluding hydrogens is 383 g/mol. The van der Waals surface area contributed by atoms with Crippen LogP contribution in [0.4, 0.5) is 0 Å². The van der Waals surface area contributed by atoms with Crippen molar-refractivity contribution >= 4 is 28.6 Å². The van der Waals surface area contributed by atoms with Crippen LogP contribution in [-0.4, -0.2) is 30.6 Å². The van der Waals surface area contributed by atoms with E-state index in [1.807, 2.05) is 30.3 Å². The van der Waals surface area contributed by atoms with Crippen LogP contribution in [0.25, 0.3) is 11.5 Å². The fourth-order valence-electron chi connectivity index (χ4n) is 2.14. The Kier molecular flexibility index (Phi) is 3.50. The maximum atomic E-state index is 11.6. The van der Waals surface area contributed by atoms with E-state index in [0.717, 1.165) is 9.26 Å². The summed E-state index contributed by atoms with van der Waals surface area (Å²) in [5.41, 5.74) is 1.39. The van der Waals surface area contributed by atoms with E-state index in [1.165, 1.54) is 4.68 Å². The Labute approximate surface area is 134 Å². The average Bonchev–Trinajstić information content (AvgIpc) is 3.03. The summed E-state index contributed by atoms with van der Waals surface area (Å²) in [6.07, 6.45) is 3.44. The molecule has 2 heterocycles. The number of rotatable bonds is 3. The van der Waals surface area contributed by atoms with Crippen LogP contribution in [0.15, 0.2) is 42.7 Å². The zero-order valence-corrected chi connectivity index (χ0v) is 13.2. The molecule has 0 fully saturated rings. The zero-order chi connectivity index (χ0) is 15.0. The van der Waals surface area contributed by atoms with E-state index in [2.05, 4.69) is 32.8 Å². The molecule has 0 saturated heterocycles. The first kappa shape index (κ1) is 13.8. The molecule has 0 amide bonds. The van der Waals surface area contributed by atoms with Crippen LogP contribution in [-0.2, 0) is 0 Å². The second kappa shape index (κ2) is 5.32. The molecule has 0 atom stereocenters. The van der Waals surface area contributed by atoms with Crippen molar-refractivity contribution in [1.29, 1.82) is 0 Å². The van der Waals surface area contributed by atoms with E-state index in [0.29, 0.717) is 11.5 Å². The molecule has 3 rings (SSSR count). The SMILES string of the molecule is Cc1nn(-c2ccccc2)c(-n2cc(I)cn2)c1C(=O)O. The van der Waals surface area contributed by atoms with Crippen molar-refractivity contribution in [2.45, 2.75) is 6.92 Å². The minimum atomic E-state index is -1.02. The van der Waals surface area contributed by atoms with Gasteiger partial charge in [0.1, 0.15) is 5.56 Å². The lowest BCUT2D eigenvalue weighted by Crippen LogP contribution is -2.10. The van der Waals surface area contributed by atoms with Crippen LogP contribution >= 0.6 is 22.6 Å². The molecule has 21 heavy (non-hydrogen) atoms. The molecule has 0 aliphatic rings. The summed E-state index contributed by atoms with van der Waals surface area (Å²) in [5, 5.41) is 18.1. The summed E-state index contributed by atoms with van der Waals surface area (Å²) in [7, 11) is 0. The highest BCUT2D eigenvalue weighted by molar-refractivity contribution is 14.1. The highest BCUT2D eigenvalue weighted by Gasteiger charge is 2.23. The van der Waals surface area contributed by atoms with Crippen LogP contribution in [0, 0.1) is 10.5 Å². The molecule has 0 saturated carbocycles. The number of hydrogen-bond donors (Lipinski definition) is 1. The molecular formula is C14H11IN4O2. The Balaban J connectivity index is 2.31. The minimum absolute atomic E-state index is 0.151. The largest absolute Gasteiger partial charge is 0.477 e. The van der Waals surface area contributed by atoms with Gasteiger partial charge in [-0.2, -0.15) is 10.2 Å². The monoisotopic (exact) mass is 394 g/mol. The van der Waals surface area contributed by atoms with E-state index >= 15 is 0 Å². The third kappa shape index (κ3) is 2.44. The molecule has 6 nitrogen and oxygen atoms in total. The third-order valence-electron chi connectivity index (χ3n) is 3.02. The predicted molar refractivity (Wildman–Crippen MR) is 85.1 cm³/mol. The molecule has 2 aromatic heterocycles. The Morgan fingerprint density at radius 3 is 2.57 bits per heavy atom. The second-order valence-corrected chi connectivity index (χ2v) is 5.69. The van der Waals surface area contributed by atoms with Crippen LogP contribution in [0.3, 0.4) is 0 Å². The summed E-state index contributed by atoms with van der Waals surface area (Å²) in [6.45, 7) is 1.68. The molecule has 0 aliphatic carbocycles. The number of carboxylic acids is 1. The zero-order valence-electron chi connectivity index (χ0n) is 11.1. The van der Waals surface area contributed by atoms with E-state index in [9.17, 15) is 9.90 Å². The number of nitrogens with zero attached hydrogens (tertiary/aromatic N) is 4. The first-order valence-electron chi connectivity index (χ1n) is 6.17. The number of para-hydroxylation sites is 1. The number of halogens is 1. The number of benzene rings is 1. The van der Waals surface area contributed by atoms with Gasteiger partial charge < -0.3 is 5.11 Å². The van der Waals surface area contributed by atoms with Crippen molar-refractivity contribution in [3.05, 3.63) is 57.6 Å². The van der Waals surface area contributed by atoms with Gasteiger partial charge in [0.05, 0.1) is 21.1 Å². The van der Waals surface area contributed by atoms with Crippen molar-refractivity contribution in [3.63, 3.8) is 0 Å². The average molecular weight is 394 g/mol. The van der Waals surface area contributed by atoms with Gasteiger partial charge in [0.25, 0.3) is 0 Å². The highest BCUT2D eigenvalue weighted by atomic mass is 127. The number of hydrogen-bond acceptors (Lipinski definition) is 3. The summed E-state index contributed by atoms with van der Waals surface area (Å²) >= 11 is 2.13. The van der Waals surface area contributed by atoms with Gasteiger partial charge in [-0.3, -0.25) is 0 Å². The third-order valence-corrected chi connectivity index (χ3v) is 3.58. The molecule has 0 bridgehead atoms. The highest BCUT2D eigenvalue weighted by Crippen LogP contribution is 2.22. The first-order chi connectivity index (χ1) is 10.1. The fraction of sp³-hybridized carbons (Fsp3) is 0.0714. The Hall–Kier alpha value is -2.16. The summed E-state index contributed by atoms with van der Waals surface area (Å²) in [5.74, 6) is -0.593. The topological polar surface area (TPSA) is 72.9 Å². The van der Waals surface area contributed by atoms with Crippen molar-refractivity contribution in [2.75, 3.05) is 0 Å². The number of aromatic carboxylic acids is 1. The number of aromatic nitrogens is 4. The second-order valence-electron chi connectivity index (χ2n) is 4.44. The lowest BCUT2D eigenvalue weighted by Gasteiger charge is -2.08. The number of carbonyl (C=O) groups is 1. The standard InChI is InChI=1S/C14H11IN4O2/c1-9-12(14(20)21)13(18-8-10(15)7-16-18)19(17-9)11-5-3-2-4-6-11/h2-8H,1H3,(H,20,21). The molecule has 7 heteroatoms. The first-order valence-corrected chi connectivity index (χ1v) is 7.24. The van der Waals surface area contributed by atoms with E-state index in [4.69, 9.17) is 0 Å². The lowest BCUT2D eigenvalue weighted by molar-refractivity contribution is 0.0696. The van der Waals surface area contributed by atoms with Gasteiger partial charge in [-0.15, -0.1) is 0 Å². The Morgan fingerprint density at radius 2 is 2.00 bits per heavy atom. The quantitative estimate of drug-likeness (QED) is 0.694. The van der Waals surface area contributed by atoms with E-state index in [-0.39, 0.29) is 5.56 Å². The smallest absolute Gasteiger partial charge is 0.341 e. The van der Waals surface area contributed by atoms with E-state index < -0.39 is 5.97 Å². The maximum Gasteiger partial charge on any atom is 0.341 e. The van der Waals surface area contributed by atoms with Gasteiger partial charge in [-0.1, -0.05) is 18.2 Å². The molecule has 3 aromatic rings. The molecule has 0 radical (unpaired) electrons. The Morgan fingerprint density at radius 1 is 1.29 bits per heavy atom. The number of carboxylic acid groups (broad SMARTS) is 1. The van der Waals surface area contributed by atoms with Gasteiger partial charge in [0.15, 0.2) is 5.82 Å². The van der Waals surface area contributed by atoms with Crippen LogP contribution in [0.2, 0.25) is 0 Å². The lowest BCUT2D eigenvalue weighted by atomic mass is 10.2. The van der Waals surface area contributed by atoms with Gasteiger partial charge in [-0.05, 0) is 41.6 Å². The summed E-state index contributed by atoms with van der Waals surface area (Å²) in [6, 6.07) is 9.40. The van der Waals surface area contributed by atoms with Crippen molar-refractivity contribution in [2.24, 2.45) is 0 Å². The molecule has 0 spiro atoms. The van der Waals surface area contributed by atoms with Crippen LogP contribution in [0.1, 0.15) is 16.1 Å². The fourth-order valence-corrected chi connectivity index (χ4v) is 2.53. The minimum Gasteiger partial charge on any atom is -0.477 e. The van der Waals surface area contributed by atoms with Crippen LogP contribution < -0.4 is 0 Å². The molecule has 106 valence electrons. The van der Waals surface area contributed by atoms with Crippen molar-refractivity contribution < 1.29 is 9.90 Å². The van der Waals surface area contributed by atoms with Gasteiger partial charge in [-0.25, -0.2) is 14.2 Å². The summed E-state index contributed by atoms with van der Waals surface area (Å²) < 4.78 is 4.06. The number of aryl methyl sites for hydroxylation is 1. The van der Waals surface area contributed by atoms with Gasteiger partial charge >= 0.3 is 5.97 Å². The molecule has 1 N–H and O–H groups in total. The molecule has 0 aliphatic heterocycles. The molecule has 1 aromatic carbocycles. The maximum absolute atomic E-state index is 11.6. The van der Waals surface area contributed by atoms with Gasteiger partial charge in [0.2, 0.25) is 0 Å². The van der Waals surface area contributed by atoms with Gasteiger partial charge in [0, 0.05) is 6.20 Å². The normalized spacial score (nSPS) is 10.8. The summed E-state index contributed by atoms with van der Waals surface area (Å²) in [4.78, 5) is 11.6.